The monoisotopic (exact) mass is 172 g/mol. The van der Waals surface area contributed by atoms with Gasteiger partial charge in [0.15, 0.2) is 0 Å². The number of hydrogen-bond acceptors (Lipinski definition) is 1. The van der Waals surface area contributed by atoms with Gasteiger partial charge in [-0.15, -0.1) is 0 Å². The van der Waals surface area contributed by atoms with Crippen LogP contribution in [0, 0.1) is 0 Å². The zero-order valence-corrected chi connectivity index (χ0v) is 12.1. The van der Waals surface area contributed by atoms with Crippen molar-refractivity contribution in [3.05, 3.63) is 0 Å². The Morgan fingerprint density at radius 3 is 1.12 bits per heavy atom. The van der Waals surface area contributed by atoms with E-state index in [1.165, 1.54) is 0 Å². The molecule has 0 saturated heterocycles. The van der Waals surface area contributed by atoms with Crippen molar-refractivity contribution < 1.29 is 115 Å². The molecular weight excluding hydrogens is 164 g/mol. The van der Waals surface area contributed by atoms with Crippen LogP contribution in [-0.4, -0.2) is 14.7 Å². The van der Waals surface area contributed by atoms with E-state index in [0.29, 0.717) is 0 Å². The first-order valence-corrected chi connectivity index (χ1v) is 2.35. The normalized spacial score (nSPS) is 7.38. The number of phosphoric acid groups is 1. The molecule has 0 bridgehead atoms. The van der Waals surface area contributed by atoms with E-state index in [1.54, 1.807) is 0 Å². The summed E-state index contributed by atoms with van der Waals surface area (Å²) in [7, 11) is -4.64. The summed E-state index contributed by atoms with van der Waals surface area (Å²) in [5, 5.41) is 0. The van der Waals surface area contributed by atoms with Gasteiger partial charge in [-0.05, 0) is 0 Å². The van der Waals surface area contributed by atoms with Gasteiger partial charge in [-0.25, -0.2) is 4.57 Å². The van der Waals surface area contributed by atoms with Crippen molar-refractivity contribution in [1.29, 1.82) is 0 Å². The topological polar surface area (TPSA) is 77.8 Å². The summed E-state index contributed by atoms with van der Waals surface area (Å²) in [5.74, 6) is 0. The van der Waals surface area contributed by atoms with Crippen molar-refractivity contribution in [1.82, 2.24) is 0 Å². The molecule has 0 radical (unpaired) electrons. The summed E-state index contributed by atoms with van der Waals surface area (Å²) in [6.45, 7) is 0. The average Bonchev–Trinajstić information content (AvgIpc) is 0.722. The van der Waals surface area contributed by atoms with E-state index >= 15 is 0 Å². The van der Waals surface area contributed by atoms with Crippen LogP contribution in [0.1, 0.15) is 7.13 Å². The van der Waals surface area contributed by atoms with E-state index in [9.17, 15) is 0 Å². The Morgan fingerprint density at radius 2 is 1.12 bits per heavy atom. The molecule has 0 aliphatic heterocycles. The molecule has 8 heteroatoms. The van der Waals surface area contributed by atoms with Crippen LogP contribution in [0.25, 0.3) is 0 Å². The molecule has 0 aliphatic rings. The first-order chi connectivity index (χ1) is 2.00. The van der Waals surface area contributed by atoms with E-state index in [0.717, 1.165) is 0 Å². The minimum absolute atomic E-state index is 0. The summed E-state index contributed by atoms with van der Waals surface area (Å²) in [6.07, 6.45) is 0. The first kappa shape index (κ1) is 22.5. The first-order valence-electron chi connectivity index (χ1n) is 0.783. The van der Waals surface area contributed by atoms with Crippen LogP contribution in [0.4, 0.5) is 0 Å². The second-order valence-corrected chi connectivity index (χ2v) is 1.54. The zero-order chi connectivity index (χ0) is 4.50. The van der Waals surface area contributed by atoms with Gasteiger partial charge in [-0.2, -0.15) is 0 Å². The minimum Gasteiger partial charge on any atom is -1.00 e. The van der Waals surface area contributed by atoms with Gasteiger partial charge >= 0.3 is 99.3 Å². The van der Waals surface area contributed by atoms with Crippen molar-refractivity contribution in [2.24, 2.45) is 0 Å². The standard InChI is InChI=1S/3Na.H3O4P.3H/c;;;1-5(2,3)4;;;/h;;;(H3,1,2,3,4);;;/q3*+1;;3*-1/p+2. The summed E-state index contributed by atoms with van der Waals surface area (Å²) in [6, 6.07) is 0. The van der Waals surface area contributed by atoms with Crippen LogP contribution in [-0.2, 0) is 4.57 Å². The van der Waals surface area contributed by atoms with Gasteiger partial charge < -0.3 is 19.0 Å². The second kappa shape index (κ2) is 10.1. The fraction of sp³-hybridized carbons (Fsp3) is 0. The molecule has 0 spiro atoms. The Morgan fingerprint density at radius 1 is 1.12 bits per heavy atom. The van der Waals surface area contributed by atoms with E-state index in [-0.39, 0.29) is 95.8 Å². The van der Waals surface area contributed by atoms with Gasteiger partial charge in [-0.3, -0.25) is 0 Å². The Balaban J connectivity index is -0.00000000286. The molecule has 0 aromatic carbocycles. The molecule has 0 heterocycles. The average molecular weight is 172 g/mol. The largest absolute Gasteiger partial charge is 1.00 e. The maximum Gasteiger partial charge on any atom is 1.00 e. The van der Waals surface area contributed by atoms with Crippen LogP contribution in [0.3, 0.4) is 0 Å². The van der Waals surface area contributed by atoms with E-state index in [2.05, 4.69) is 0 Å². The van der Waals surface area contributed by atoms with Crippen molar-refractivity contribution in [2.75, 3.05) is 0 Å². The maximum atomic E-state index is 8.88. The van der Waals surface area contributed by atoms with E-state index in [4.69, 9.17) is 19.2 Å². The summed E-state index contributed by atoms with van der Waals surface area (Å²) >= 11 is 0. The van der Waals surface area contributed by atoms with Gasteiger partial charge in [0, 0.05) is 0 Å². The molecular formula is H8Na3O4P+2. The molecule has 0 fully saturated rings. The van der Waals surface area contributed by atoms with Crippen molar-refractivity contribution in [2.45, 2.75) is 0 Å². The van der Waals surface area contributed by atoms with Gasteiger partial charge in [-0.1, -0.05) is 0 Å². The van der Waals surface area contributed by atoms with Crippen LogP contribution in [0.15, 0.2) is 0 Å². The maximum absolute atomic E-state index is 8.88. The Labute approximate surface area is 121 Å². The van der Waals surface area contributed by atoms with Crippen molar-refractivity contribution >= 4 is 7.82 Å². The third-order valence-electron chi connectivity index (χ3n) is 0. The quantitative estimate of drug-likeness (QED) is 0.250. The number of hydrogen-bond donors (Lipinski definition) is 3. The van der Waals surface area contributed by atoms with Crippen LogP contribution in [0.2, 0.25) is 0 Å². The fourth-order valence-electron chi connectivity index (χ4n) is 0. The Bertz CT molecular complexity index is 69.9. The van der Waals surface area contributed by atoms with Crippen LogP contribution >= 0.6 is 7.82 Å². The van der Waals surface area contributed by atoms with Gasteiger partial charge in [0.25, 0.3) is 0 Å². The summed E-state index contributed by atoms with van der Waals surface area (Å²) in [4.78, 5) is 21.6. The molecule has 3 N–H and O–H groups in total. The Hall–Kier alpha value is 3.11. The molecule has 0 aromatic rings. The fourth-order valence-corrected chi connectivity index (χ4v) is 0. The van der Waals surface area contributed by atoms with Crippen molar-refractivity contribution in [3.8, 4) is 0 Å². The van der Waals surface area contributed by atoms with Gasteiger partial charge in [0.1, 0.15) is 0 Å². The molecule has 0 aliphatic carbocycles. The number of rotatable bonds is 0. The molecule has 8 heavy (non-hydrogen) atoms. The van der Waals surface area contributed by atoms with E-state index in [1.807, 2.05) is 0 Å². The SMILES string of the molecule is O=P(O)(O)O.[H+].[H+].[H-].[H-].[H-].[Na+].[Na+].[Na+]. The molecule has 0 atom stereocenters. The van der Waals surface area contributed by atoms with E-state index < -0.39 is 7.82 Å². The zero-order valence-electron chi connectivity index (χ0n) is 10.2. The van der Waals surface area contributed by atoms with Crippen LogP contribution in [0.5, 0.6) is 0 Å². The second-order valence-electron chi connectivity index (χ2n) is 0.513. The molecule has 0 aromatic heterocycles. The summed E-state index contributed by atoms with van der Waals surface area (Å²) < 4.78 is 8.88. The third kappa shape index (κ3) is 61.9. The van der Waals surface area contributed by atoms with Gasteiger partial charge in [0.05, 0.1) is 0 Å². The summed E-state index contributed by atoms with van der Waals surface area (Å²) in [5.41, 5.74) is 0. The third-order valence-corrected chi connectivity index (χ3v) is 0. The predicted molar refractivity (Wildman–Crippen MR) is 19.8 cm³/mol. The van der Waals surface area contributed by atoms with Crippen molar-refractivity contribution in [3.63, 3.8) is 0 Å². The molecule has 38 valence electrons. The molecule has 0 amide bonds. The predicted octanol–water partition coefficient (Wildman–Crippen LogP) is -9.35. The molecule has 0 saturated carbocycles. The minimum atomic E-state index is -4.64. The molecule has 0 unspecified atom stereocenters. The molecule has 0 rings (SSSR count). The Kier molecular flexibility index (Phi) is 28.4. The van der Waals surface area contributed by atoms with Crippen LogP contribution < -0.4 is 88.7 Å². The molecule has 4 nitrogen and oxygen atoms in total. The van der Waals surface area contributed by atoms with Gasteiger partial charge in [0.2, 0.25) is 0 Å². The smallest absolute Gasteiger partial charge is 1.00 e.